The van der Waals surface area contributed by atoms with Crippen LogP contribution in [-0.2, 0) is 6.54 Å². The van der Waals surface area contributed by atoms with Crippen LogP contribution in [0.4, 0.5) is 0 Å². The van der Waals surface area contributed by atoms with Crippen molar-refractivity contribution in [2.24, 2.45) is 11.7 Å². The van der Waals surface area contributed by atoms with Gasteiger partial charge in [-0.2, -0.15) is 0 Å². The molecule has 1 aromatic rings. The molecule has 1 atom stereocenters. The number of hydrogen-bond acceptors (Lipinski definition) is 3. The number of nitrogens with two attached hydrogens (primary N) is 1. The molecule has 2 N–H and O–H groups in total. The first-order valence-electron chi connectivity index (χ1n) is 6.08. The zero-order valence-electron chi connectivity index (χ0n) is 10.4. The van der Waals surface area contributed by atoms with Gasteiger partial charge < -0.3 is 5.73 Å². The second kappa shape index (κ2) is 7.36. The topological polar surface area (TPSA) is 42.1 Å². The third-order valence-corrected chi connectivity index (χ3v) is 2.90. The van der Waals surface area contributed by atoms with E-state index in [1.807, 2.05) is 18.3 Å². The molecule has 1 aromatic heterocycles. The van der Waals surface area contributed by atoms with Gasteiger partial charge in [-0.3, -0.25) is 9.88 Å². The molecule has 16 heavy (non-hydrogen) atoms. The highest BCUT2D eigenvalue weighted by molar-refractivity contribution is 5.03. The van der Waals surface area contributed by atoms with Crippen LogP contribution in [0.3, 0.4) is 0 Å². The minimum absolute atomic E-state index is 0.609. The summed E-state index contributed by atoms with van der Waals surface area (Å²) in [4.78, 5) is 6.76. The van der Waals surface area contributed by atoms with Gasteiger partial charge >= 0.3 is 0 Å². The molecule has 1 rings (SSSR count). The minimum atomic E-state index is 0.609. The highest BCUT2D eigenvalue weighted by atomic mass is 15.1. The summed E-state index contributed by atoms with van der Waals surface area (Å²) < 4.78 is 0. The predicted molar refractivity (Wildman–Crippen MR) is 68.0 cm³/mol. The van der Waals surface area contributed by atoms with Crippen molar-refractivity contribution in [1.82, 2.24) is 9.88 Å². The van der Waals surface area contributed by atoms with Crippen molar-refractivity contribution >= 4 is 0 Å². The number of aromatic nitrogens is 1. The van der Waals surface area contributed by atoms with E-state index in [2.05, 4.69) is 29.8 Å². The third-order valence-electron chi connectivity index (χ3n) is 2.90. The van der Waals surface area contributed by atoms with E-state index in [1.165, 1.54) is 0 Å². The molecule has 90 valence electrons. The maximum absolute atomic E-state index is 5.62. The van der Waals surface area contributed by atoms with Crippen molar-refractivity contribution in [3.05, 3.63) is 30.1 Å². The van der Waals surface area contributed by atoms with Crippen LogP contribution in [0.25, 0.3) is 0 Å². The predicted octanol–water partition coefficient (Wildman–Crippen LogP) is 1.89. The molecule has 0 aromatic carbocycles. The van der Waals surface area contributed by atoms with Crippen molar-refractivity contribution in [1.29, 1.82) is 0 Å². The number of rotatable bonds is 7. The van der Waals surface area contributed by atoms with Crippen LogP contribution in [0.15, 0.2) is 24.4 Å². The van der Waals surface area contributed by atoms with Crippen LogP contribution in [0.1, 0.15) is 26.0 Å². The fraction of sp³-hybridized carbons (Fsp3) is 0.615. The van der Waals surface area contributed by atoms with Crippen molar-refractivity contribution < 1.29 is 0 Å². The maximum atomic E-state index is 5.62. The Labute approximate surface area is 98.7 Å². The molecule has 3 heteroatoms. The van der Waals surface area contributed by atoms with Gasteiger partial charge in [0, 0.05) is 12.7 Å². The summed E-state index contributed by atoms with van der Waals surface area (Å²) in [6.07, 6.45) is 3.02. The fourth-order valence-corrected chi connectivity index (χ4v) is 1.59. The second-order valence-corrected chi connectivity index (χ2v) is 4.32. The first-order chi connectivity index (χ1) is 7.76. The summed E-state index contributed by atoms with van der Waals surface area (Å²) in [5.74, 6) is 0.609. The Bertz CT molecular complexity index is 274. The molecule has 0 radical (unpaired) electrons. The molecule has 0 aliphatic heterocycles. The van der Waals surface area contributed by atoms with Crippen LogP contribution >= 0.6 is 0 Å². The lowest BCUT2D eigenvalue weighted by Crippen LogP contribution is -2.27. The molecule has 0 spiro atoms. The monoisotopic (exact) mass is 221 g/mol. The number of hydrogen-bond donors (Lipinski definition) is 1. The highest BCUT2D eigenvalue weighted by Crippen LogP contribution is 2.05. The second-order valence-electron chi connectivity index (χ2n) is 4.32. The Balaban J connectivity index is 2.37. The summed E-state index contributed by atoms with van der Waals surface area (Å²) in [6, 6.07) is 6.07. The van der Waals surface area contributed by atoms with Gasteiger partial charge in [-0.15, -0.1) is 0 Å². The van der Waals surface area contributed by atoms with Gasteiger partial charge in [0.2, 0.25) is 0 Å². The van der Waals surface area contributed by atoms with Gasteiger partial charge in [0.1, 0.15) is 0 Å². The fourth-order valence-electron chi connectivity index (χ4n) is 1.59. The van der Waals surface area contributed by atoms with E-state index >= 15 is 0 Å². The average Bonchev–Trinajstić information content (AvgIpc) is 2.35. The Morgan fingerprint density at radius 1 is 1.44 bits per heavy atom. The van der Waals surface area contributed by atoms with Gasteiger partial charge in [-0.1, -0.05) is 19.9 Å². The summed E-state index contributed by atoms with van der Waals surface area (Å²) in [5.41, 5.74) is 6.76. The average molecular weight is 221 g/mol. The lowest BCUT2D eigenvalue weighted by atomic mass is 10.1. The Morgan fingerprint density at radius 2 is 2.25 bits per heavy atom. The molecule has 0 aliphatic carbocycles. The van der Waals surface area contributed by atoms with Crippen LogP contribution in [-0.4, -0.2) is 29.5 Å². The molecule has 1 heterocycles. The van der Waals surface area contributed by atoms with E-state index in [-0.39, 0.29) is 0 Å². The van der Waals surface area contributed by atoms with Crippen LogP contribution in [0.2, 0.25) is 0 Å². The molecular formula is C13H23N3. The zero-order valence-corrected chi connectivity index (χ0v) is 10.4. The summed E-state index contributed by atoms with van der Waals surface area (Å²) in [7, 11) is 0. The molecule has 3 nitrogen and oxygen atoms in total. The van der Waals surface area contributed by atoms with Crippen molar-refractivity contribution in [3.8, 4) is 0 Å². The SMILES string of the molecule is CCN(CCC(C)CN)Cc1ccccn1. The van der Waals surface area contributed by atoms with Gasteiger partial charge in [0.05, 0.1) is 5.69 Å². The Kier molecular flexibility index (Phi) is 6.04. The van der Waals surface area contributed by atoms with Gasteiger partial charge in [-0.25, -0.2) is 0 Å². The Morgan fingerprint density at radius 3 is 2.81 bits per heavy atom. The molecule has 1 unspecified atom stereocenters. The van der Waals surface area contributed by atoms with E-state index < -0.39 is 0 Å². The maximum Gasteiger partial charge on any atom is 0.0543 e. The van der Waals surface area contributed by atoms with E-state index in [9.17, 15) is 0 Å². The Hall–Kier alpha value is -0.930. The van der Waals surface area contributed by atoms with Gasteiger partial charge in [-0.05, 0) is 44.1 Å². The molecular weight excluding hydrogens is 198 g/mol. The summed E-state index contributed by atoms with van der Waals surface area (Å²) >= 11 is 0. The molecule has 0 saturated carbocycles. The number of pyridine rings is 1. The van der Waals surface area contributed by atoms with Crippen molar-refractivity contribution in [2.45, 2.75) is 26.8 Å². The van der Waals surface area contributed by atoms with Gasteiger partial charge in [0.15, 0.2) is 0 Å². The standard InChI is InChI=1S/C13H23N3/c1-3-16(9-7-12(2)10-14)11-13-6-4-5-8-15-13/h4-6,8,12H,3,7,9-11,14H2,1-2H3. The largest absolute Gasteiger partial charge is 0.330 e. The van der Waals surface area contributed by atoms with E-state index in [0.29, 0.717) is 5.92 Å². The van der Waals surface area contributed by atoms with Crippen LogP contribution in [0.5, 0.6) is 0 Å². The summed E-state index contributed by atoms with van der Waals surface area (Å²) in [6.45, 7) is 8.28. The van der Waals surface area contributed by atoms with E-state index in [1.54, 1.807) is 0 Å². The quantitative estimate of drug-likeness (QED) is 0.764. The summed E-state index contributed by atoms with van der Waals surface area (Å²) in [5, 5.41) is 0. The smallest absolute Gasteiger partial charge is 0.0543 e. The van der Waals surface area contributed by atoms with Gasteiger partial charge in [0.25, 0.3) is 0 Å². The molecule has 0 bridgehead atoms. The first kappa shape index (κ1) is 13.1. The van der Waals surface area contributed by atoms with Crippen molar-refractivity contribution in [3.63, 3.8) is 0 Å². The van der Waals surface area contributed by atoms with E-state index in [4.69, 9.17) is 5.73 Å². The zero-order chi connectivity index (χ0) is 11.8. The first-order valence-corrected chi connectivity index (χ1v) is 6.08. The lowest BCUT2D eigenvalue weighted by Gasteiger charge is -2.21. The molecule has 0 fully saturated rings. The molecule has 0 aliphatic rings. The van der Waals surface area contributed by atoms with Crippen LogP contribution < -0.4 is 5.73 Å². The van der Waals surface area contributed by atoms with Crippen LogP contribution in [0, 0.1) is 5.92 Å². The molecule has 0 saturated heterocycles. The number of nitrogens with zero attached hydrogens (tertiary/aromatic N) is 2. The lowest BCUT2D eigenvalue weighted by molar-refractivity contribution is 0.257. The highest BCUT2D eigenvalue weighted by Gasteiger charge is 2.06. The third kappa shape index (κ3) is 4.73. The molecule has 0 amide bonds. The van der Waals surface area contributed by atoms with Crippen molar-refractivity contribution in [2.75, 3.05) is 19.6 Å². The normalized spacial score (nSPS) is 13.0. The minimum Gasteiger partial charge on any atom is -0.330 e. The van der Waals surface area contributed by atoms with E-state index in [0.717, 1.165) is 38.3 Å².